The van der Waals surface area contributed by atoms with Crippen LogP contribution in [0.1, 0.15) is 46.5 Å². The van der Waals surface area contributed by atoms with E-state index in [-0.39, 0.29) is 11.8 Å². The molecular weight excluding hydrogens is 248 g/mol. The normalized spacial score (nSPS) is 20.2. The molecule has 1 aliphatic rings. The second-order valence-electron chi connectivity index (χ2n) is 5.68. The molecule has 0 bridgehead atoms. The molecule has 1 saturated heterocycles. The highest BCUT2D eigenvalue weighted by molar-refractivity contribution is 7.89. The maximum Gasteiger partial charge on any atom is 0.211 e. The highest BCUT2D eigenvalue weighted by Gasteiger charge is 2.21. The summed E-state index contributed by atoms with van der Waals surface area (Å²) in [5.74, 6) is 1.20. The zero-order valence-electron chi connectivity index (χ0n) is 11.9. The van der Waals surface area contributed by atoms with Gasteiger partial charge in [0.25, 0.3) is 0 Å². The van der Waals surface area contributed by atoms with Gasteiger partial charge in [-0.3, -0.25) is 0 Å². The van der Waals surface area contributed by atoms with E-state index in [1.54, 1.807) is 0 Å². The molecule has 0 radical (unpaired) electrons. The van der Waals surface area contributed by atoms with E-state index in [0.29, 0.717) is 11.8 Å². The van der Waals surface area contributed by atoms with Gasteiger partial charge in [-0.25, -0.2) is 13.1 Å². The van der Waals surface area contributed by atoms with E-state index in [9.17, 15) is 8.42 Å². The van der Waals surface area contributed by atoms with E-state index < -0.39 is 10.0 Å². The van der Waals surface area contributed by atoms with E-state index in [0.717, 1.165) is 38.8 Å². The first-order chi connectivity index (χ1) is 8.44. The summed E-state index contributed by atoms with van der Waals surface area (Å²) in [7, 11) is -3.11. The molecule has 0 aromatic rings. The number of hydrogen-bond donors (Lipinski definition) is 2. The Hall–Kier alpha value is -0.130. The minimum absolute atomic E-state index is 0.0722. The number of hydrogen-bond acceptors (Lipinski definition) is 3. The second-order valence-corrected chi connectivity index (χ2v) is 7.55. The van der Waals surface area contributed by atoms with Crippen LogP contribution < -0.4 is 10.0 Å². The number of piperidine rings is 1. The molecular formula is C13H28N2O2S. The summed E-state index contributed by atoms with van der Waals surface area (Å²) >= 11 is 0. The fourth-order valence-electron chi connectivity index (χ4n) is 2.47. The molecule has 1 fully saturated rings. The maximum absolute atomic E-state index is 12.0. The Morgan fingerprint density at radius 2 is 1.89 bits per heavy atom. The predicted molar refractivity (Wildman–Crippen MR) is 76.1 cm³/mol. The van der Waals surface area contributed by atoms with Gasteiger partial charge in [-0.1, -0.05) is 20.8 Å². The number of rotatable bonds is 7. The Morgan fingerprint density at radius 3 is 2.39 bits per heavy atom. The fourth-order valence-corrected chi connectivity index (χ4v) is 4.13. The van der Waals surface area contributed by atoms with E-state index >= 15 is 0 Å². The zero-order chi connectivity index (χ0) is 13.6. The molecule has 1 atom stereocenters. The van der Waals surface area contributed by atoms with Crippen LogP contribution in [0.5, 0.6) is 0 Å². The second kappa shape index (κ2) is 7.46. The Balaban J connectivity index is 2.38. The third-order valence-corrected chi connectivity index (χ3v) is 5.26. The molecule has 0 spiro atoms. The standard InChI is InChI=1S/C13H28N2O2S/c1-4-13(11(2)3)15-18(16,17)10-7-12-5-8-14-9-6-12/h11-15H,4-10H2,1-3H3. The van der Waals surface area contributed by atoms with Crippen LogP contribution in [0.3, 0.4) is 0 Å². The molecule has 1 aliphatic heterocycles. The fraction of sp³-hybridized carbons (Fsp3) is 1.00. The van der Waals surface area contributed by atoms with Gasteiger partial charge in [0.15, 0.2) is 0 Å². The summed E-state index contributed by atoms with van der Waals surface area (Å²) in [6.45, 7) is 8.20. The van der Waals surface area contributed by atoms with Crippen molar-refractivity contribution in [2.45, 2.75) is 52.5 Å². The summed E-state index contributed by atoms with van der Waals surface area (Å²) in [6, 6.07) is 0.0722. The molecule has 18 heavy (non-hydrogen) atoms. The third kappa shape index (κ3) is 5.67. The van der Waals surface area contributed by atoms with Gasteiger partial charge in [-0.2, -0.15) is 0 Å². The predicted octanol–water partition coefficient (Wildman–Crippen LogP) is 1.73. The van der Waals surface area contributed by atoms with Crippen molar-refractivity contribution in [1.82, 2.24) is 10.0 Å². The first kappa shape index (κ1) is 15.9. The zero-order valence-corrected chi connectivity index (χ0v) is 12.7. The molecule has 1 heterocycles. The Bertz CT molecular complexity index is 322. The SMILES string of the molecule is CCC(NS(=O)(=O)CCC1CCNCC1)C(C)C. The highest BCUT2D eigenvalue weighted by atomic mass is 32.2. The van der Waals surface area contributed by atoms with Crippen molar-refractivity contribution in [3.05, 3.63) is 0 Å². The maximum atomic E-state index is 12.0. The Labute approximate surface area is 112 Å². The molecule has 108 valence electrons. The topological polar surface area (TPSA) is 58.2 Å². The number of nitrogens with one attached hydrogen (secondary N) is 2. The minimum Gasteiger partial charge on any atom is -0.317 e. The van der Waals surface area contributed by atoms with Gasteiger partial charge in [0.2, 0.25) is 10.0 Å². The molecule has 0 aromatic heterocycles. The summed E-state index contributed by atoms with van der Waals surface area (Å²) in [6.07, 6.45) is 3.86. The average Bonchev–Trinajstić information content (AvgIpc) is 2.35. The lowest BCUT2D eigenvalue weighted by atomic mass is 9.96. The van der Waals surface area contributed by atoms with Gasteiger partial charge in [0.1, 0.15) is 0 Å². The molecule has 0 saturated carbocycles. The Kier molecular flexibility index (Phi) is 6.60. The molecule has 4 nitrogen and oxygen atoms in total. The van der Waals surface area contributed by atoms with E-state index in [1.165, 1.54) is 0 Å². The van der Waals surface area contributed by atoms with E-state index in [2.05, 4.69) is 23.9 Å². The van der Waals surface area contributed by atoms with Crippen molar-refractivity contribution in [3.63, 3.8) is 0 Å². The van der Waals surface area contributed by atoms with Crippen molar-refractivity contribution in [2.75, 3.05) is 18.8 Å². The van der Waals surface area contributed by atoms with Crippen molar-refractivity contribution in [3.8, 4) is 0 Å². The lowest BCUT2D eigenvalue weighted by molar-refractivity contribution is 0.364. The molecule has 5 heteroatoms. The highest BCUT2D eigenvalue weighted by Crippen LogP contribution is 2.17. The Morgan fingerprint density at radius 1 is 1.28 bits per heavy atom. The molecule has 0 amide bonds. The summed E-state index contributed by atoms with van der Waals surface area (Å²) in [5.41, 5.74) is 0. The first-order valence-electron chi connectivity index (χ1n) is 7.15. The van der Waals surface area contributed by atoms with Crippen LogP contribution >= 0.6 is 0 Å². The first-order valence-corrected chi connectivity index (χ1v) is 8.80. The van der Waals surface area contributed by atoms with Gasteiger partial charge < -0.3 is 5.32 Å². The van der Waals surface area contributed by atoms with Gasteiger partial charge >= 0.3 is 0 Å². The van der Waals surface area contributed by atoms with Crippen LogP contribution in [0.2, 0.25) is 0 Å². The van der Waals surface area contributed by atoms with Crippen molar-refractivity contribution in [2.24, 2.45) is 11.8 Å². The largest absolute Gasteiger partial charge is 0.317 e. The molecule has 1 unspecified atom stereocenters. The molecule has 2 N–H and O–H groups in total. The lowest BCUT2D eigenvalue weighted by Gasteiger charge is -2.24. The van der Waals surface area contributed by atoms with Crippen LogP contribution in [-0.4, -0.2) is 33.3 Å². The van der Waals surface area contributed by atoms with Crippen LogP contribution in [0.25, 0.3) is 0 Å². The van der Waals surface area contributed by atoms with Gasteiger partial charge in [0, 0.05) is 6.04 Å². The van der Waals surface area contributed by atoms with Crippen molar-refractivity contribution in [1.29, 1.82) is 0 Å². The quantitative estimate of drug-likeness (QED) is 0.744. The van der Waals surface area contributed by atoms with Crippen LogP contribution in [0.15, 0.2) is 0 Å². The van der Waals surface area contributed by atoms with Gasteiger partial charge in [0.05, 0.1) is 5.75 Å². The van der Waals surface area contributed by atoms with Gasteiger partial charge in [-0.05, 0) is 50.6 Å². The molecule has 0 aromatic carbocycles. The lowest BCUT2D eigenvalue weighted by Crippen LogP contribution is -2.40. The van der Waals surface area contributed by atoms with Crippen LogP contribution in [-0.2, 0) is 10.0 Å². The number of sulfonamides is 1. The van der Waals surface area contributed by atoms with Crippen LogP contribution in [0.4, 0.5) is 0 Å². The van der Waals surface area contributed by atoms with Crippen LogP contribution in [0, 0.1) is 11.8 Å². The van der Waals surface area contributed by atoms with E-state index in [4.69, 9.17) is 0 Å². The van der Waals surface area contributed by atoms with Crippen molar-refractivity contribution >= 4 is 10.0 Å². The monoisotopic (exact) mass is 276 g/mol. The smallest absolute Gasteiger partial charge is 0.211 e. The summed E-state index contributed by atoms with van der Waals surface area (Å²) in [5, 5.41) is 3.30. The third-order valence-electron chi connectivity index (χ3n) is 3.83. The average molecular weight is 276 g/mol. The summed E-state index contributed by atoms with van der Waals surface area (Å²) < 4.78 is 26.9. The minimum atomic E-state index is -3.11. The van der Waals surface area contributed by atoms with E-state index in [1.807, 2.05) is 6.92 Å². The van der Waals surface area contributed by atoms with Crippen molar-refractivity contribution < 1.29 is 8.42 Å². The van der Waals surface area contributed by atoms with Gasteiger partial charge in [-0.15, -0.1) is 0 Å². The molecule has 0 aliphatic carbocycles. The molecule has 1 rings (SSSR count). The summed E-state index contributed by atoms with van der Waals surface area (Å²) in [4.78, 5) is 0.